The fraction of sp³-hybridized carbons (Fsp3) is 1.00. The van der Waals surface area contributed by atoms with Crippen molar-refractivity contribution in [2.24, 2.45) is 5.41 Å². The molecule has 1 fully saturated rings. The summed E-state index contributed by atoms with van der Waals surface area (Å²) < 4.78 is 10.3. The molecule has 3 heteroatoms. The Balaban J connectivity index is 2.01. The number of rotatable bonds is 4. The maximum Gasteiger partial charge on any atom is 0.0602 e. The molecule has 0 aromatic rings. The van der Waals surface area contributed by atoms with Crippen LogP contribution in [0.4, 0.5) is 0 Å². The average molecular weight is 165 g/mol. The van der Waals surface area contributed by atoms with Crippen LogP contribution in [0.25, 0.3) is 0 Å². The molecular formula is C7H13ClO2. The van der Waals surface area contributed by atoms with Crippen molar-refractivity contribution in [1.29, 1.82) is 0 Å². The normalized spacial score (nSPS) is 22.2. The summed E-state index contributed by atoms with van der Waals surface area (Å²) in [6.07, 6.45) is 0. The van der Waals surface area contributed by atoms with Crippen LogP contribution in [0, 0.1) is 5.41 Å². The predicted molar refractivity (Wildman–Crippen MR) is 40.5 cm³/mol. The lowest BCUT2D eigenvalue weighted by Gasteiger charge is -2.37. The second kappa shape index (κ2) is 3.56. The second-order valence-electron chi connectivity index (χ2n) is 3.05. The number of halogens is 1. The molecule has 0 N–H and O–H groups in total. The molecule has 0 aliphatic carbocycles. The van der Waals surface area contributed by atoms with Crippen molar-refractivity contribution in [2.45, 2.75) is 6.92 Å². The van der Waals surface area contributed by atoms with Gasteiger partial charge in [0.05, 0.1) is 26.4 Å². The quantitative estimate of drug-likeness (QED) is 0.461. The second-order valence-corrected chi connectivity index (χ2v) is 3.42. The first-order valence-corrected chi connectivity index (χ1v) is 4.02. The van der Waals surface area contributed by atoms with Gasteiger partial charge >= 0.3 is 0 Å². The lowest BCUT2D eigenvalue weighted by Crippen LogP contribution is -2.43. The van der Waals surface area contributed by atoms with Gasteiger partial charge in [-0.2, -0.15) is 0 Å². The maximum atomic E-state index is 5.44. The summed E-state index contributed by atoms with van der Waals surface area (Å²) in [7, 11) is 0. The third-order valence-electron chi connectivity index (χ3n) is 1.57. The summed E-state index contributed by atoms with van der Waals surface area (Å²) >= 11 is 5.44. The highest BCUT2D eigenvalue weighted by atomic mass is 35.5. The zero-order chi connectivity index (χ0) is 7.45. The van der Waals surface area contributed by atoms with Crippen LogP contribution in [0.1, 0.15) is 6.92 Å². The van der Waals surface area contributed by atoms with E-state index in [-0.39, 0.29) is 5.41 Å². The van der Waals surface area contributed by atoms with E-state index in [9.17, 15) is 0 Å². The largest absolute Gasteiger partial charge is 0.380 e. The van der Waals surface area contributed by atoms with Gasteiger partial charge < -0.3 is 9.47 Å². The van der Waals surface area contributed by atoms with Crippen molar-refractivity contribution >= 4 is 11.6 Å². The van der Waals surface area contributed by atoms with Gasteiger partial charge in [-0.25, -0.2) is 0 Å². The molecule has 0 atom stereocenters. The molecule has 10 heavy (non-hydrogen) atoms. The van der Waals surface area contributed by atoms with Crippen molar-refractivity contribution < 1.29 is 9.47 Å². The average Bonchev–Trinajstić information content (AvgIpc) is 1.85. The van der Waals surface area contributed by atoms with Gasteiger partial charge in [-0.1, -0.05) is 6.92 Å². The van der Waals surface area contributed by atoms with E-state index >= 15 is 0 Å². The molecule has 0 unspecified atom stereocenters. The van der Waals surface area contributed by atoms with Gasteiger partial charge in [-0.05, 0) is 0 Å². The van der Waals surface area contributed by atoms with Crippen molar-refractivity contribution in [1.82, 2.24) is 0 Å². The van der Waals surface area contributed by atoms with Gasteiger partial charge in [0.15, 0.2) is 0 Å². The van der Waals surface area contributed by atoms with Crippen molar-refractivity contribution in [3.05, 3.63) is 0 Å². The minimum atomic E-state index is 0.270. The highest BCUT2D eigenvalue weighted by molar-refractivity contribution is 6.17. The predicted octanol–water partition coefficient (Wildman–Crippen LogP) is 1.28. The molecule has 1 rings (SSSR count). The Morgan fingerprint density at radius 3 is 2.70 bits per heavy atom. The SMILES string of the molecule is CC1(COCCCl)COC1. The summed E-state index contributed by atoms with van der Waals surface area (Å²) in [4.78, 5) is 0. The first kappa shape index (κ1) is 8.31. The molecule has 1 saturated heterocycles. The lowest BCUT2D eigenvalue weighted by atomic mass is 9.90. The topological polar surface area (TPSA) is 18.5 Å². The molecule has 2 nitrogen and oxygen atoms in total. The Morgan fingerprint density at radius 2 is 2.30 bits per heavy atom. The Labute approximate surface area is 66.5 Å². The van der Waals surface area contributed by atoms with Gasteiger partial charge in [0.2, 0.25) is 0 Å². The van der Waals surface area contributed by atoms with Crippen LogP contribution in [-0.2, 0) is 9.47 Å². The van der Waals surface area contributed by atoms with Gasteiger partial charge in [0, 0.05) is 11.3 Å². The van der Waals surface area contributed by atoms with Crippen molar-refractivity contribution in [3.63, 3.8) is 0 Å². The first-order chi connectivity index (χ1) is 4.77. The number of hydrogen-bond acceptors (Lipinski definition) is 2. The van der Waals surface area contributed by atoms with E-state index in [1.165, 1.54) is 0 Å². The molecule has 60 valence electrons. The standard InChI is InChI=1S/C7H13ClO2/c1-7(5-10-6-7)4-9-3-2-8/h2-6H2,1H3. The van der Waals surface area contributed by atoms with Crippen LogP contribution >= 0.6 is 11.6 Å². The molecule has 1 aliphatic heterocycles. The van der Waals surface area contributed by atoms with E-state index in [1.807, 2.05) is 0 Å². The number of alkyl halides is 1. The summed E-state index contributed by atoms with van der Waals surface area (Å²) in [6, 6.07) is 0. The number of ether oxygens (including phenoxy) is 2. The molecular weight excluding hydrogens is 152 g/mol. The van der Waals surface area contributed by atoms with E-state index in [2.05, 4.69) is 6.92 Å². The summed E-state index contributed by atoms with van der Waals surface area (Å²) in [5.74, 6) is 0.580. The minimum absolute atomic E-state index is 0.270. The fourth-order valence-electron chi connectivity index (χ4n) is 0.907. The van der Waals surface area contributed by atoms with E-state index in [1.54, 1.807) is 0 Å². The Bertz CT molecular complexity index is 102. The van der Waals surface area contributed by atoms with Crippen LogP contribution in [0.15, 0.2) is 0 Å². The zero-order valence-corrected chi connectivity index (χ0v) is 6.99. The molecule has 0 saturated carbocycles. The van der Waals surface area contributed by atoms with Crippen LogP contribution in [-0.4, -0.2) is 32.3 Å². The molecule has 0 aromatic carbocycles. The monoisotopic (exact) mass is 164 g/mol. The third-order valence-corrected chi connectivity index (χ3v) is 1.73. The third kappa shape index (κ3) is 2.11. The van der Waals surface area contributed by atoms with Crippen molar-refractivity contribution in [2.75, 3.05) is 32.3 Å². The molecule has 0 amide bonds. The van der Waals surface area contributed by atoms with Crippen LogP contribution < -0.4 is 0 Å². The molecule has 0 radical (unpaired) electrons. The highest BCUT2D eigenvalue weighted by Crippen LogP contribution is 2.26. The van der Waals surface area contributed by atoms with E-state index in [0.29, 0.717) is 12.5 Å². The van der Waals surface area contributed by atoms with Crippen LogP contribution in [0.5, 0.6) is 0 Å². The van der Waals surface area contributed by atoms with Gasteiger partial charge in [0.25, 0.3) is 0 Å². The molecule has 0 bridgehead atoms. The molecule has 1 aliphatic rings. The molecule has 1 heterocycles. The van der Waals surface area contributed by atoms with Gasteiger partial charge in [0.1, 0.15) is 0 Å². The summed E-state index contributed by atoms with van der Waals surface area (Å²) in [5.41, 5.74) is 0.270. The Hall–Kier alpha value is 0.210. The van der Waals surface area contributed by atoms with Crippen LogP contribution in [0.3, 0.4) is 0 Å². The molecule has 0 aromatic heterocycles. The smallest absolute Gasteiger partial charge is 0.0602 e. The van der Waals surface area contributed by atoms with E-state index in [4.69, 9.17) is 21.1 Å². The van der Waals surface area contributed by atoms with Crippen molar-refractivity contribution in [3.8, 4) is 0 Å². The Morgan fingerprint density at radius 1 is 1.60 bits per heavy atom. The summed E-state index contributed by atoms with van der Waals surface area (Å²) in [5, 5.41) is 0. The fourth-order valence-corrected chi connectivity index (χ4v) is 1.02. The highest BCUT2D eigenvalue weighted by Gasteiger charge is 2.33. The van der Waals surface area contributed by atoms with E-state index in [0.717, 1.165) is 19.8 Å². The Kier molecular flexibility index (Phi) is 2.96. The van der Waals surface area contributed by atoms with Gasteiger partial charge in [-0.15, -0.1) is 11.6 Å². The number of hydrogen-bond donors (Lipinski definition) is 0. The van der Waals surface area contributed by atoms with E-state index < -0.39 is 0 Å². The maximum absolute atomic E-state index is 5.44. The first-order valence-electron chi connectivity index (χ1n) is 3.48. The zero-order valence-electron chi connectivity index (χ0n) is 6.23. The summed E-state index contributed by atoms with van der Waals surface area (Å²) in [6.45, 7) is 5.24. The molecule has 0 spiro atoms. The van der Waals surface area contributed by atoms with Crippen LogP contribution in [0.2, 0.25) is 0 Å². The lowest BCUT2D eigenvalue weighted by molar-refractivity contribution is -0.136. The minimum Gasteiger partial charge on any atom is -0.380 e. The van der Waals surface area contributed by atoms with Gasteiger partial charge in [-0.3, -0.25) is 0 Å².